The molecule has 2 aliphatic rings. The largest absolute Gasteiger partial charge is 0.462 e. The zero-order valence-corrected chi connectivity index (χ0v) is 21.7. The van der Waals surface area contributed by atoms with Gasteiger partial charge in [-0.3, -0.25) is 14.5 Å². The second-order valence-corrected chi connectivity index (χ2v) is 9.96. The number of ether oxygens (including phenoxy) is 2. The van der Waals surface area contributed by atoms with Crippen molar-refractivity contribution in [1.29, 1.82) is 0 Å². The Morgan fingerprint density at radius 1 is 1.03 bits per heavy atom. The van der Waals surface area contributed by atoms with Crippen LogP contribution in [-0.4, -0.2) is 54.0 Å². The van der Waals surface area contributed by atoms with Gasteiger partial charge in [0.25, 0.3) is 5.91 Å². The molecule has 4 aromatic rings. The number of hydrogen-bond acceptors (Lipinski definition) is 8. The van der Waals surface area contributed by atoms with E-state index < -0.39 is 6.29 Å². The highest BCUT2D eigenvalue weighted by Gasteiger charge is 2.30. The Balaban J connectivity index is 1.43. The average Bonchev–Trinajstić information content (AvgIpc) is 3.29. The first-order valence-corrected chi connectivity index (χ1v) is 13.6. The van der Waals surface area contributed by atoms with Gasteiger partial charge < -0.3 is 24.7 Å². The highest BCUT2D eigenvalue weighted by atomic mass is 32.2. The van der Waals surface area contributed by atoms with Gasteiger partial charge in [0, 0.05) is 73.1 Å². The number of aromatic nitrogens is 2. The summed E-state index contributed by atoms with van der Waals surface area (Å²) in [6.07, 6.45) is 1.20. The highest BCUT2D eigenvalue weighted by Crippen LogP contribution is 2.37. The van der Waals surface area contributed by atoms with Crippen LogP contribution in [0.1, 0.15) is 16.1 Å². The first-order chi connectivity index (χ1) is 18.8. The van der Waals surface area contributed by atoms with Crippen molar-refractivity contribution in [3.63, 3.8) is 0 Å². The number of nitrogens with zero attached hydrogens (tertiary/aromatic N) is 2. The van der Waals surface area contributed by atoms with E-state index in [0.717, 1.165) is 59.8 Å². The molecule has 0 saturated heterocycles. The van der Waals surface area contributed by atoms with E-state index in [1.165, 1.54) is 12.1 Å². The lowest BCUT2D eigenvalue weighted by Gasteiger charge is -2.33. The van der Waals surface area contributed by atoms with Gasteiger partial charge in [-0.2, -0.15) is 0 Å². The minimum absolute atomic E-state index is 0.138. The molecule has 0 radical (unpaired) electrons. The van der Waals surface area contributed by atoms with E-state index in [9.17, 15) is 4.79 Å². The highest BCUT2D eigenvalue weighted by molar-refractivity contribution is 7.96. The van der Waals surface area contributed by atoms with Crippen molar-refractivity contribution in [2.75, 3.05) is 26.2 Å². The summed E-state index contributed by atoms with van der Waals surface area (Å²) in [7, 11) is 0. The predicted molar refractivity (Wildman–Crippen MR) is 149 cm³/mol. The van der Waals surface area contributed by atoms with Crippen LogP contribution < -0.4 is 24.8 Å². The monoisotopic (exact) mass is 530 g/mol. The topological polar surface area (TPSA) is 101 Å². The number of pyridine rings is 1. The minimum Gasteiger partial charge on any atom is -0.462 e. The third kappa shape index (κ3) is 5.40. The fourth-order valence-corrected chi connectivity index (χ4v) is 5.34. The standard InChI is InChI=1S/C28H30N6O3S/c35-27-20-9-8-19-15-25-22-6-1-2-7-26(22)37-28(36-18-21-5-3-4-10-30-21)23(17-34(25)24(19)16-20)31-13-11-29-12-14-32-38-33-27/h1-10,15-16,23,28-29,31-32H,11-14,17-18H2,(H,33,35). The van der Waals surface area contributed by atoms with Crippen molar-refractivity contribution < 1.29 is 14.3 Å². The minimum atomic E-state index is -0.563. The first-order valence-electron chi connectivity index (χ1n) is 12.8. The van der Waals surface area contributed by atoms with Crippen molar-refractivity contribution >= 4 is 28.9 Å². The Labute approximate surface area is 225 Å². The van der Waals surface area contributed by atoms with Crippen LogP contribution in [0.3, 0.4) is 0 Å². The molecule has 0 aliphatic carbocycles. The van der Waals surface area contributed by atoms with E-state index in [0.29, 0.717) is 18.7 Å². The fraction of sp³-hybridized carbons (Fsp3) is 0.286. The first kappa shape index (κ1) is 24.9. The van der Waals surface area contributed by atoms with Gasteiger partial charge in [-0.1, -0.05) is 24.3 Å². The quantitative estimate of drug-likeness (QED) is 0.300. The molecule has 38 heavy (non-hydrogen) atoms. The van der Waals surface area contributed by atoms with Crippen molar-refractivity contribution in [2.45, 2.75) is 25.5 Å². The zero-order chi connectivity index (χ0) is 25.7. The van der Waals surface area contributed by atoms with Crippen LogP contribution in [0.5, 0.6) is 5.75 Å². The molecule has 0 spiro atoms. The molecule has 10 heteroatoms. The predicted octanol–water partition coefficient (Wildman–Crippen LogP) is 3.08. The van der Waals surface area contributed by atoms with Gasteiger partial charge in [0.1, 0.15) is 5.75 Å². The molecule has 2 aliphatic heterocycles. The second kappa shape index (κ2) is 11.5. The summed E-state index contributed by atoms with van der Waals surface area (Å²) in [6.45, 7) is 3.94. The van der Waals surface area contributed by atoms with Gasteiger partial charge >= 0.3 is 0 Å². The van der Waals surface area contributed by atoms with Gasteiger partial charge in [-0.25, -0.2) is 4.72 Å². The third-order valence-corrected chi connectivity index (χ3v) is 7.37. The van der Waals surface area contributed by atoms with E-state index in [-0.39, 0.29) is 11.9 Å². The lowest BCUT2D eigenvalue weighted by Crippen LogP contribution is -2.49. The van der Waals surface area contributed by atoms with Crippen molar-refractivity contribution in [3.05, 3.63) is 84.2 Å². The summed E-state index contributed by atoms with van der Waals surface area (Å²) < 4.78 is 21.3. The summed E-state index contributed by atoms with van der Waals surface area (Å²) in [5.41, 5.74) is 4.46. The zero-order valence-electron chi connectivity index (χ0n) is 20.9. The normalized spacial score (nSPS) is 20.4. The van der Waals surface area contributed by atoms with Crippen LogP contribution in [0, 0.1) is 0 Å². The van der Waals surface area contributed by atoms with Gasteiger partial charge in [0.15, 0.2) is 0 Å². The SMILES string of the molecule is O=C1NSNCCNCCNC2Cn3c(cc4ccc1cc43)-c1ccccc1OC2OCc1ccccn1. The van der Waals surface area contributed by atoms with Crippen molar-refractivity contribution in [2.24, 2.45) is 0 Å². The van der Waals surface area contributed by atoms with E-state index in [2.05, 4.69) is 41.8 Å². The summed E-state index contributed by atoms with van der Waals surface area (Å²) >= 11 is 1.21. The van der Waals surface area contributed by atoms with Crippen LogP contribution in [0.2, 0.25) is 0 Å². The number of hydrogen-bond donors (Lipinski definition) is 4. The van der Waals surface area contributed by atoms with E-state index in [4.69, 9.17) is 9.47 Å². The smallest absolute Gasteiger partial charge is 0.262 e. The number of amides is 1. The Morgan fingerprint density at radius 3 is 2.84 bits per heavy atom. The fourth-order valence-electron chi connectivity index (χ4n) is 4.85. The Morgan fingerprint density at radius 2 is 1.92 bits per heavy atom. The summed E-state index contributed by atoms with van der Waals surface area (Å²) in [5.74, 6) is 0.614. The molecule has 0 saturated carbocycles. The number of nitrogens with one attached hydrogen (secondary N) is 4. The molecule has 4 N–H and O–H groups in total. The molecule has 2 unspecified atom stereocenters. The molecule has 2 aromatic carbocycles. The lowest BCUT2D eigenvalue weighted by atomic mass is 10.1. The van der Waals surface area contributed by atoms with Crippen LogP contribution in [0.4, 0.5) is 0 Å². The number of carbonyl (C=O) groups is 1. The molecule has 2 atom stereocenters. The Bertz CT molecular complexity index is 1410. The summed E-state index contributed by atoms with van der Waals surface area (Å²) in [4.78, 5) is 17.3. The molecule has 9 nitrogen and oxygen atoms in total. The van der Waals surface area contributed by atoms with Crippen LogP contribution in [0.15, 0.2) is 72.9 Å². The molecule has 0 fully saturated rings. The molecule has 4 heterocycles. The molecule has 2 aromatic heterocycles. The summed E-state index contributed by atoms with van der Waals surface area (Å²) in [6, 6.07) is 21.7. The van der Waals surface area contributed by atoms with Crippen molar-refractivity contribution in [3.8, 4) is 17.0 Å². The number of carbonyl (C=O) groups excluding carboxylic acids is 1. The number of rotatable bonds is 3. The third-order valence-electron chi connectivity index (χ3n) is 6.73. The Hall–Kier alpha value is -3.41. The molecule has 1 amide bonds. The van der Waals surface area contributed by atoms with E-state index in [1.54, 1.807) is 6.20 Å². The maximum Gasteiger partial charge on any atom is 0.262 e. The maximum absolute atomic E-state index is 12.9. The van der Waals surface area contributed by atoms with E-state index in [1.807, 2.05) is 54.6 Å². The number of para-hydroxylation sites is 1. The van der Waals surface area contributed by atoms with E-state index >= 15 is 0 Å². The maximum atomic E-state index is 12.9. The number of benzene rings is 2. The number of fused-ring (bicyclic) bond motifs is 4. The molecule has 4 bridgehead atoms. The van der Waals surface area contributed by atoms with Crippen molar-refractivity contribution in [1.82, 2.24) is 29.6 Å². The molecular weight excluding hydrogens is 500 g/mol. The van der Waals surface area contributed by atoms with Crippen LogP contribution in [0.25, 0.3) is 22.2 Å². The summed E-state index contributed by atoms with van der Waals surface area (Å²) in [5, 5.41) is 8.16. The van der Waals surface area contributed by atoms with Gasteiger partial charge in [0.2, 0.25) is 6.29 Å². The van der Waals surface area contributed by atoms with Crippen LogP contribution in [-0.2, 0) is 17.9 Å². The second-order valence-electron chi connectivity index (χ2n) is 9.27. The molecule has 6 rings (SSSR count). The molecular formula is C28H30N6O3S. The Kier molecular flexibility index (Phi) is 7.56. The van der Waals surface area contributed by atoms with Crippen LogP contribution >= 0.6 is 12.1 Å². The van der Waals surface area contributed by atoms with Gasteiger partial charge in [-0.05, 0) is 42.5 Å². The van der Waals surface area contributed by atoms with Gasteiger partial charge in [-0.15, -0.1) is 0 Å². The average molecular weight is 531 g/mol. The van der Waals surface area contributed by atoms with Gasteiger partial charge in [0.05, 0.1) is 24.0 Å². The molecule has 196 valence electrons. The lowest BCUT2D eigenvalue weighted by molar-refractivity contribution is -0.114.